The monoisotopic (exact) mass is 785 g/mol. The van der Waals surface area contributed by atoms with Crippen LogP contribution in [0.25, 0.3) is 0 Å². The number of benzene rings is 1. The quantitative estimate of drug-likeness (QED) is 0.342. The highest BCUT2D eigenvalue weighted by Crippen LogP contribution is 2.45. The van der Waals surface area contributed by atoms with E-state index in [2.05, 4.69) is 25.0 Å². The zero-order valence-corrected chi connectivity index (χ0v) is 34.0. The number of piperidine rings is 1. The molecule has 5 aliphatic heterocycles. The van der Waals surface area contributed by atoms with Crippen molar-refractivity contribution in [1.29, 1.82) is 0 Å². The number of halogens is 1. The summed E-state index contributed by atoms with van der Waals surface area (Å²) in [6.07, 6.45) is 4.51. The third-order valence-electron chi connectivity index (χ3n) is 11.8. The van der Waals surface area contributed by atoms with Crippen LogP contribution in [-0.2, 0) is 14.9 Å². The first-order valence-corrected chi connectivity index (χ1v) is 21.0. The van der Waals surface area contributed by atoms with E-state index in [0.717, 1.165) is 52.0 Å². The largest absolute Gasteiger partial charge is 0.444 e. The van der Waals surface area contributed by atoms with E-state index in [1.165, 1.54) is 24.5 Å². The molecule has 5 saturated heterocycles. The lowest BCUT2D eigenvalue weighted by atomic mass is 9.72. The van der Waals surface area contributed by atoms with Gasteiger partial charge >= 0.3 is 6.09 Å². The minimum atomic E-state index is -3.61. The van der Waals surface area contributed by atoms with Crippen LogP contribution in [0, 0.1) is 17.2 Å². The first kappa shape index (κ1) is 39.6. The van der Waals surface area contributed by atoms with Gasteiger partial charge in [0.15, 0.2) is 5.82 Å². The number of likely N-dealkylation sites (tertiary alicyclic amines) is 2. The molecule has 0 radical (unpaired) electrons. The Morgan fingerprint density at radius 1 is 1.02 bits per heavy atom. The third kappa shape index (κ3) is 8.12. The molecule has 0 aliphatic carbocycles. The molecule has 5 aliphatic rings. The molecule has 3 atom stereocenters. The highest BCUT2D eigenvalue weighted by atomic mass is 32.2. The van der Waals surface area contributed by atoms with E-state index in [9.17, 15) is 22.4 Å². The Hall–Kier alpha value is -3.67. The van der Waals surface area contributed by atoms with Gasteiger partial charge in [0.1, 0.15) is 23.5 Å². The van der Waals surface area contributed by atoms with Gasteiger partial charge in [-0.05, 0) is 111 Å². The predicted octanol–water partition coefficient (Wildman–Crippen LogP) is 4.22. The minimum Gasteiger partial charge on any atom is -0.444 e. The summed E-state index contributed by atoms with van der Waals surface area (Å²) in [5.74, 6) is 0.301. The molecule has 1 aromatic heterocycles. The minimum absolute atomic E-state index is 0.0955. The molecule has 1 aromatic carbocycles. The summed E-state index contributed by atoms with van der Waals surface area (Å²) in [6, 6.07) is 3.36. The second-order valence-electron chi connectivity index (χ2n) is 17.7. The van der Waals surface area contributed by atoms with Crippen molar-refractivity contribution in [3.05, 3.63) is 35.9 Å². The fourth-order valence-corrected chi connectivity index (χ4v) is 11.1. The van der Waals surface area contributed by atoms with Crippen molar-refractivity contribution >= 4 is 28.0 Å². The van der Waals surface area contributed by atoms with Gasteiger partial charge in [-0.15, -0.1) is 10.2 Å². The summed E-state index contributed by atoms with van der Waals surface area (Å²) in [4.78, 5) is 38.7. The first-order chi connectivity index (χ1) is 25.9. The molecular weight excluding hydrogens is 730 g/mol. The number of rotatable bonds is 10. The van der Waals surface area contributed by atoms with Gasteiger partial charge in [-0.1, -0.05) is 0 Å². The van der Waals surface area contributed by atoms with E-state index in [0.29, 0.717) is 38.4 Å². The van der Waals surface area contributed by atoms with Gasteiger partial charge in [0.05, 0.1) is 11.6 Å². The number of amides is 2. The van der Waals surface area contributed by atoms with Crippen LogP contribution in [-0.4, -0.2) is 148 Å². The molecule has 7 rings (SSSR count). The van der Waals surface area contributed by atoms with Gasteiger partial charge in [0, 0.05) is 69.4 Å². The smallest absolute Gasteiger partial charge is 0.410 e. The van der Waals surface area contributed by atoms with Gasteiger partial charge in [-0.3, -0.25) is 4.79 Å². The molecule has 17 heteroatoms. The number of fused-ring (bicyclic) bond motifs is 2. The van der Waals surface area contributed by atoms with Crippen LogP contribution in [0.4, 0.5) is 15.0 Å². The third-order valence-corrected chi connectivity index (χ3v) is 13.8. The van der Waals surface area contributed by atoms with Crippen molar-refractivity contribution in [2.45, 2.75) is 104 Å². The molecule has 6 heterocycles. The van der Waals surface area contributed by atoms with E-state index >= 15 is 0 Å². The summed E-state index contributed by atoms with van der Waals surface area (Å²) in [5, 5.41) is 8.18. The maximum atomic E-state index is 14.4. The lowest BCUT2D eigenvalue weighted by Crippen LogP contribution is -2.61. The van der Waals surface area contributed by atoms with E-state index in [4.69, 9.17) is 9.47 Å². The topological polar surface area (TPSA) is 145 Å². The van der Waals surface area contributed by atoms with Crippen LogP contribution in [0.15, 0.2) is 24.5 Å². The number of aromatic nitrogens is 3. The standard InChI is InChI=1S/C38H56FN9O6S/c1-25(2)48(26(3)4)35(49)31-16-28(39)8-9-32(31)53-34-33(40-24-41-42-34)44-22-38(23-44)11-14-43(15-12-38)18-27-10-13-45(19-27)55(51,52)47-21-29-17-30(47)20-46(29)36(50)54-37(5,6)7/h8-9,16,24-27,29-30H,10-15,17-23H2,1-7H3/t27-,29+,30+/m1/s1. The first-order valence-electron chi connectivity index (χ1n) is 19.6. The van der Waals surface area contributed by atoms with Gasteiger partial charge < -0.3 is 29.1 Å². The molecule has 0 saturated carbocycles. The van der Waals surface area contributed by atoms with Crippen LogP contribution in [0.2, 0.25) is 0 Å². The highest BCUT2D eigenvalue weighted by molar-refractivity contribution is 7.86. The van der Waals surface area contributed by atoms with Gasteiger partial charge in [-0.2, -0.15) is 17.0 Å². The highest BCUT2D eigenvalue weighted by Gasteiger charge is 2.53. The van der Waals surface area contributed by atoms with Crippen molar-refractivity contribution < 1.29 is 31.9 Å². The number of ether oxygens (including phenoxy) is 2. The number of anilines is 1. The molecule has 2 amide bonds. The van der Waals surface area contributed by atoms with Crippen molar-refractivity contribution in [2.24, 2.45) is 11.3 Å². The molecule has 55 heavy (non-hydrogen) atoms. The molecule has 15 nitrogen and oxygen atoms in total. The van der Waals surface area contributed by atoms with Crippen LogP contribution < -0.4 is 9.64 Å². The summed E-state index contributed by atoms with van der Waals surface area (Å²) in [6.45, 7) is 19.2. The number of carbonyl (C=O) groups is 2. The molecule has 5 fully saturated rings. The Morgan fingerprint density at radius 2 is 1.73 bits per heavy atom. The Labute approximate surface area is 324 Å². The Balaban J connectivity index is 0.905. The number of nitrogens with zero attached hydrogens (tertiary/aromatic N) is 9. The second-order valence-corrected chi connectivity index (χ2v) is 19.5. The zero-order valence-electron chi connectivity index (χ0n) is 33.1. The fraction of sp³-hybridized carbons (Fsp3) is 0.711. The van der Waals surface area contributed by atoms with E-state index < -0.39 is 21.6 Å². The van der Waals surface area contributed by atoms with Crippen LogP contribution in [0.5, 0.6) is 11.6 Å². The number of carbonyl (C=O) groups excluding carboxylic acids is 2. The molecule has 2 bridgehead atoms. The van der Waals surface area contributed by atoms with Crippen molar-refractivity contribution in [2.75, 3.05) is 63.8 Å². The summed E-state index contributed by atoms with van der Waals surface area (Å²) in [7, 11) is -3.61. The zero-order chi connectivity index (χ0) is 39.4. The van der Waals surface area contributed by atoms with Crippen LogP contribution >= 0.6 is 0 Å². The molecule has 2 aromatic rings. The summed E-state index contributed by atoms with van der Waals surface area (Å²) in [5.41, 5.74) is -0.356. The van der Waals surface area contributed by atoms with Crippen molar-refractivity contribution in [1.82, 2.24) is 38.5 Å². The molecular formula is C38H56FN9O6S. The second kappa shape index (κ2) is 15.0. The normalized spacial score (nSPS) is 24.6. The summed E-state index contributed by atoms with van der Waals surface area (Å²) < 4.78 is 56.9. The maximum absolute atomic E-state index is 14.4. The average molecular weight is 786 g/mol. The predicted molar refractivity (Wildman–Crippen MR) is 204 cm³/mol. The Morgan fingerprint density at radius 3 is 2.36 bits per heavy atom. The Kier molecular flexibility index (Phi) is 10.8. The van der Waals surface area contributed by atoms with Gasteiger partial charge in [0.25, 0.3) is 22.0 Å². The van der Waals surface area contributed by atoms with Gasteiger partial charge in [-0.25, -0.2) is 14.2 Å². The van der Waals surface area contributed by atoms with Crippen molar-refractivity contribution in [3.63, 3.8) is 0 Å². The summed E-state index contributed by atoms with van der Waals surface area (Å²) >= 11 is 0. The lowest BCUT2D eigenvalue weighted by Gasteiger charge is -2.54. The molecule has 0 unspecified atom stereocenters. The maximum Gasteiger partial charge on any atom is 0.410 e. The van der Waals surface area contributed by atoms with E-state index in [1.807, 2.05) is 48.5 Å². The molecule has 0 N–H and O–H groups in total. The average Bonchev–Trinajstić information content (AvgIpc) is 3.85. The van der Waals surface area contributed by atoms with Crippen LogP contribution in [0.3, 0.4) is 0 Å². The van der Waals surface area contributed by atoms with E-state index in [1.54, 1.807) is 18.4 Å². The number of hydrogen-bond donors (Lipinski definition) is 0. The van der Waals surface area contributed by atoms with Crippen LogP contribution in [0.1, 0.15) is 84.5 Å². The SMILES string of the molecule is CC(C)N(C(=O)c1cc(F)ccc1Oc1nncnc1N1CC2(CCN(C[C@H]3CCN(S(=O)(=O)N4C[C@@H]5C[C@H]4CN5C(=O)OC(C)(C)C)C3)CC2)C1)C(C)C. The van der Waals surface area contributed by atoms with Crippen molar-refractivity contribution in [3.8, 4) is 11.6 Å². The fourth-order valence-electron chi connectivity index (χ4n) is 9.17. The number of hydrogen-bond acceptors (Lipinski definition) is 11. The Bertz CT molecular complexity index is 1850. The van der Waals surface area contributed by atoms with Gasteiger partial charge in [0.2, 0.25) is 0 Å². The molecule has 302 valence electrons. The number of piperazine rings is 1. The molecule has 1 spiro atoms. The lowest BCUT2D eigenvalue weighted by molar-refractivity contribution is 0.0170. The van der Waals surface area contributed by atoms with E-state index in [-0.39, 0.29) is 64.7 Å².